The monoisotopic (exact) mass is 254 g/mol. The molecule has 1 heterocycles. The van der Waals surface area contributed by atoms with Crippen LogP contribution in [-0.4, -0.2) is 43.3 Å². The molecule has 0 aromatic heterocycles. The fraction of sp³-hybridized carbons (Fsp3) is 1.00. The average molecular weight is 254 g/mol. The van der Waals surface area contributed by atoms with E-state index in [1.807, 2.05) is 7.11 Å². The number of hydrogen-bond acceptors (Lipinski definition) is 3. The second-order valence-electron chi connectivity index (χ2n) is 6.29. The van der Waals surface area contributed by atoms with Crippen molar-refractivity contribution in [2.75, 3.05) is 26.7 Å². The second kappa shape index (κ2) is 5.89. The SMILES string of the molecule is CCC1CCCC1(CN)N1CCC(C)C(OC)C1. The van der Waals surface area contributed by atoms with Gasteiger partial charge in [-0.05, 0) is 37.6 Å². The maximum atomic E-state index is 6.20. The zero-order chi connectivity index (χ0) is 13.2. The highest BCUT2D eigenvalue weighted by atomic mass is 16.5. The van der Waals surface area contributed by atoms with Crippen molar-refractivity contribution in [3.8, 4) is 0 Å². The second-order valence-corrected chi connectivity index (χ2v) is 6.29. The molecule has 1 aliphatic carbocycles. The van der Waals surface area contributed by atoms with E-state index in [1.165, 1.54) is 38.6 Å². The predicted molar refractivity (Wildman–Crippen MR) is 75.6 cm³/mol. The molecule has 1 saturated heterocycles. The van der Waals surface area contributed by atoms with Crippen molar-refractivity contribution in [1.29, 1.82) is 0 Å². The van der Waals surface area contributed by atoms with E-state index >= 15 is 0 Å². The number of hydrogen-bond donors (Lipinski definition) is 1. The predicted octanol–water partition coefficient (Wildman–Crippen LogP) is 2.25. The van der Waals surface area contributed by atoms with E-state index in [0.717, 1.165) is 19.0 Å². The first-order chi connectivity index (χ1) is 8.67. The van der Waals surface area contributed by atoms with E-state index in [-0.39, 0.29) is 5.54 Å². The van der Waals surface area contributed by atoms with Crippen LogP contribution < -0.4 is 5.73 Å². The molecule has 0 spiro atoms. The third-order valence-corrected chi connectivity index (χ3v) is 5.59. The van der Waals surface area contributed by atoms with Crippen LogP contribution in [0.15, 0.2) is 0 Å². The van der Waals surface area contributed by atoms with Gasteiger partial charge in [0, 0.05) is 25.7 Å². The van der Waals surface area contributed by atoms with Crippen LogP contribution in [0.1, 0.15) is 46.0 Å². The standard InChI is InChI=1S/C15H30N2O/c1-4-13-6-5-8-15(13,11-16)17-9-7-12(2)14(10-17)18-3/h12-14H,4-11,16H2,1-3H3. The van der Waals surface area contributed by atoms with Gasteiger partial charge in [-0.2, -0.15) is 0 Å². The largest absolute Gasteiger partial charge is 0.380 e. The number of rotatable bonds is 4. The molecular formula is C15H30N2O. The van der Waals surface area contributed by atoms with Crippen LogP contribution in [0.3, 0.4) is 0 Å². The lowest BCUT2D eigenvalue weighted by Gasteiger charge is -2.49. The van der Waals surface area contributed by atoms with Crippen molar-refractivity contribution in [1.82, 2.24) is 4.90 Å². The lowest BCUT2D eigenvalue weighted by atomic mass is 9.80. The van der Waals surface area contributed by atoms with Crippen LogP contribution in [0.2, 0.25) is 0 Å². The topological polar surface area (TPSA) is 38.5 Å². The maximum Gasteiger partial charge on any atom is 0.0724 e. The first-order valence-electron chi connectivity index (χ1n) is 7.65. The highest BCUT2D eigenvalue weighted by Crippen LogP contribution is 2.43. The minimum absolute atomic E-state index is 0.270. The van der Waals surface area contributed by atoms with Crippen molar-refractivity contribution in [3.63, 3.8) is 0 Å². The summed E-state index contributed by atoms with van der Waals surface area (Å²) in [5, 5.41) is 0. The van der Waals surface area contributed by atoms with Gasteiger partial charge in [0.25, 0.3) is 0 Å². The normalized spacial score (nSPS) is 42.3. The highest BCUT2D eigenvalue weighted by Gasteiger charge is 2.47. The van der Waals surface area contributed by atoms with Gasteiger partial charge in [-0.1, -0.05) is 26.7 Å². The molecule has 4 unspecified atom stereocenters. The van der Waals surface area contributed by atoms with Crippen LogP contribution in [-0.2, 0) is 4.74 Å². The minimum Gasteiger partial charge on any atom is -0.380 e. The van der Waals surface area contributed by atoms with Crippen molar-refractivity contribution in [3.05, 3.63) is 0 Å². The molecule has 1 saturated carbocycles. The van der Waals surface area contributed by atoms with Gasteiger partial charge in [-0.25, -0.2) is 0 Å². The summed E-state index contributed by atoms with van der Waals surface area (Å²) in [6.45, 7) is 7.73. The first kappa shape index (κ1) is 14.3. The van der Waals surface area contributed by atoms with Gasteiger partial charge in [0.15, 0.2) is 0 Å². The van der Waals surface area contributed by atoms with E-state index in [4.69, 9.17) is 10.5 Å². The third-order valence-electron chi connectivity index (χ3n) is 5.59. The molecule has 0 radical (unpaired) electrons. The Morgan fingerprint density at radius 2 is 2.17 bits per heavy atom. The van der Waals surface area contributed by atoms with E-state index in [0.29, 0.717) is 12.0 Å². The summed E-state index contributed by atoms with van der Waals surface area (Å²) in [5.41, 5.74) is 6.47. The van der Waals surface area contributed by atoms with E-state index in [2.05, 4.69) is 18.7 Å². The molecule has 0 aromatic rings. The van der Waals surface area contributed by atoms with Gasteiger partial charge in [0.2, 0.25) is 0 Å². The van der Waals surface area contributed by atoms with Gasteiger partial charge in [0.05, 0.1) is 6.10 Å². The molecular weight excluding hydrogens is 224 g/mol. The molecule has 4 atom stereocenters. The molecule has 2 fully saturated rings. The highest BCUT2D eigenvalue weighted by molar-refractivity contribution is 5.03. The maximum absolute atomic E-state index is 6.20. The van der Waals surface area contributed by atoms with Crippen LogP contribution >= 0.6 is 0 Å². The molecule has 3 nitrogen and oxygen atoms in total. The smallest absolute Gasteiger partial charge is 0.0724 e. The summed E-state index contributed by atoms with van der Waals surface area (Å²) in [5.74, 6) is 1.47. The minimum atomic E-state index is 0.270. The van der Waals surface area contributed by atoms with Crippen LogP contribution in [0.5, 0.6) is 0 Å². The summed E-state index contributed by atoms with van der Waals surface area (Å²) < 4.78 is 5.67. The molecule has 2 N–H and O–H groups in total. The van der Waals surface area contributed by atoms with Crippen LogP contribution in [0.4, 0.5) is 0 Å². The molecule has 1 aliphatic heterocycles. The van der Waals surface area contributed by atoms with Crippen molar-refractivity contribution in [2.45, 2.75) is 57.6 Å². The Morgan fingerprint density at radius 1 is 1.39 bits per heavy atom. The molecule has 3 heteroatoms. The van der Waals surface area contributed by atoms with Crippen LogP contribution in [0, 0.1) is 11.8 Å². The lowest BCUT2D eigenvalue weighted by molar-refractivity contribution is -0.0560. The summed E-state index contributed by atoms with van der Waals surface area (Å²) >= 11 is 0. The quantitative estimate of drug-likeness (QED) is 0.836. The van der Waals surface area contributed by atoms with Gasteiger partial charge >= 0.3 is 0 Å². The number of likely N-dealkylation sites (tertiary alicyclic amines) is 1. The zero-order valence-corrected chi connectivity index (χ0v) is 12.3. The van der Waals surface area contributed by atoms with Gasteiger partial charge in [-0.15, -0.1) is 0 Å². The number of nitrogens with two attached hydrogens (primary N) is 1. The Labute approximate surface area is 112 Å². The molecule has 0 amide bonds. The zero-order valence-electron chi connectivity index (χ0n) is 12.3. The van der Waals surface area contributed by atoms with E-state index in [1.54, 1.807) is 0 Å². The molecule has 2 aliphatic rings. The Hall–Kier alpha value is -0.120. The number of methoxy groups -OCH3 is 1. The van der Waals surface area contributed by atoms with Crippen molar-refractivity contribution >= 4 is 0 Å². The summed E-state index contributed by atoms with van der Waals surface area (Å²) in [4.78, 5) is 2.67. The van der Waals surface area contributed by atoms with E-state index in [9.17, 15) is 0 Å². The molecule has 18 heavy (non-hydrogen) atoms. The molecule has 2 rings (SSSR count). The third kappa shape index (κ3) is 2.33. The summed E-state index contributed by atoms with van der Waals surface area (Å²) in [6.07, 6.45) is 6.89. The number of nitrogens with zero attached hydrogens (tertiary/aromatic N) is 1. The average Bonchev–Trinajstić information content (AvgIpc) is 2.83. The Kier molecular flexibility index (Phi) is 4.68. The lowest BCUT2D eigenvalue weighted by Crippen LogP contribution is -2.61. The Morgan fingerprint density at radius 3 is 2.78 bits per heavy atom. The van der Waals surface area contributed by atoms with Gasteiger partial charge < -0.3 is 10.5 Å². The summed E-state index contributed by atoms with van der Waals surface area (Å²) in [7, 11) is 1.85. The fourth-order valence-electron chi connectivity index (χ4n) is 4.27. The molecule has 0 bridgehead atoms. The molecule has 106 valence electrons. The van der Waals surface area contributed by atoms with Crippen molar-refractivity contribution < 1.29 is 4.74 Å². The Balaban J connectivity index is 2.13. The molecule has 0 aromatic carbocycles. The Bertz CT molecular complexity index is 271. The van der Waals surface area contributed by atoms with Crippen molar-refractivity contribution in [2.24, 2.45) is 17.6 Å². The number of piperidine rings is 1. The number of ether oxygens (including phenoxy) is 1. The summed E-state index contributed by atoms with van der Waals surface area (Å²) in [6, 6.07) is 0. The van der Waals surface area contributed by atoms with E-state index < -0.39 is 0 Å². The first-order valence-corrected chi connectivity index (χ1v) is 7.65. The fourth-order valence-corrected chi connectivity index (χ4v) is 4.27. The van der Waals surface area contributed by atoms with Gasteiger partial charge in [0.1, 0.15) is 0 Å². The van der Waals surface area contributed by atoms with Crippen LogP contribution in [0.25, 0.3) is 0 Å². The van der Waals surface area contributed by atoms with Gasteiger partial charge in [-0.3, -0.25) is 4.90 Å².